The fraction of sp³-hybridized carbons (Fsp3) is 0. The van der Waals surface area contributed by atoms with Gasteiger partial charge in [-0.1, -0.05) is 42.5 Å². The van der Waals surface area contributed by atoms with Crippen LogP contribution in [0.1, 0.15) is 5.56 Å². The Labute approximate surface area is 141 Å². The van der Waals surface area contributed by atoms with E-state index in [1.807, 2.05) is 60.7 Å². The lowest BCUT2D eigenvalue weighted by atomic mass is 10.2. The van der Waals surface area contributed by atoms with Crippen LogP contribution in [0, 0.1) is 0 Å². The zero-order valence-corrected chi connectivity index (χ0v) is 13.5. The van der Waals surface area contributed by atoms with Crippen molar-refractivity contribution in [2.75, 3.05) is 0 Å². The van der Waals surface area contributed by atoms with Gasteiger partial charge in [0.1, 0.15) is 0 Å². The average molecular weight is 337 g/mol. The molecular weight excluding hydrogens is 326 g/mol. The van der Waals surface area contributed by atoms with Gasteiger partial charge in [0.15, 0.2) is 11.0 Å². The molecule has 0 saturated carbocycles. The maximum atomic E-state index is 12.1. The van der Waals surface area contributed by atoms with E-state index in [-0.39, 0.29) is 5.91 Å². The molecule has 4 nitrogen and oxygen atoms in total. The number of amides is 1. The first-order valence-electron chi connectivity index (χ1n) is 6.99. The van der Waals surface area contributed by atoms with Crippen LogP contribution >= 0.6 is 23.3 Å². The molecule has 1 aliphatic rings. The molecule has 23 heavy (non-hydrogen) atoms. The molecule has 0 aliphatic carbocycles. The topological polar surface area (TPSA) is 54.4 Å². The van der Waals surface area contributed by atoms with Gasteiger partial charge < -0.3 is 5.32 Å². The Bertz CT molecular complexity index is 945. The molecule has 2 aromatic carbocycles. The van der Waals surface area contributed by atoms with Gasteiger partial charge in [-0.25, -0.2) is 4.99 Å². The summed E-state index contributed by atoms with van der Waals surface area (Å²) >= 11 is 2.74. The Morgan fingerprint density at radius 2 is 1.83 bits per heavy atom. The van der Waals surface area contributed by atoms with E-state index < -0.39 is 0 Å². The number of carbonyl (C=O) groups excluding carboxylic acids is 1. The van der Waals surface area contributed by atoms with E-state index in [1.54, 1.807) is 0 Å². The highest BCUT2D eigenvalue weighted by molar-refractivity contribution is 8.18. The molecule has 2 heterocycles. The number of carbonyl (C=O) groups is 1. The molecule has 1 aliphatic heterocycles. The van der Waals surface area contributed by atoms with Gasteiger partial charge in [-0.2, -0.15) is 4.37 Å². The van der Waals surface area contributed by atoms with E-state index in [0.29, 0.717) is 15.9 Å². The van der Waals surface area contributed by atoms with Crippen LogP contribution in [0.15, 0.2) is 64.5 Å². The molecule has 112 valence electrons. The Hall–Kier alpha value is -2.44. The minimum Gasteiger partial charge on any atom is -0.300 e. The lowest BCUT2D eigenvalue weighted by Crippen LogP contribution is -2.19. The first-order chi connectivity index (χ1) is 11.3. The van der Waals surface area contributed by atoms with Crippen molar-refractivity contribution in [2.45, 2.75) is 0 Å². The second-order valence-electron chi connectivity index (χ2n) is 4.89. The van der Waals surface area contributed by atoms with E-state index in [1.165, 1.54) is 23.3 Å². The highest BCUT2D eigenvalue weighted by Crippen LogP contribution is 2.32. The molecule has 0 bridgehead atoms. The molecule has 1 aromatic heterocycles. The van der Waals surface area contributed by atoms with Crippen molar-refractivity contribution in [1.82, 2.24) is 9.69 Å². The van der Waals surface area contributed by atoms with E-state index in [2.05, 4.69) is 14.7 Å². The Kier molecular flexibility index (Phi) is 3.69. The van der Waals surface area contributed by atoms with Crippen molar-refractivity contribution in [1.29, 1.82) is 0 Å². The maximum Gasteiger partial charge on any atom is 0.264 e. The fourth-order valence-corrected chi connectivity index (χ4v) is 3.77. The van der Waals surface area contributed by atoms with Crippen LogP contribution in [0.5, 0.6) is 0 Å². The summed E-state index contributed by atoms with van der Waals surface area (Å²) in [6, 6.07) is 17.7. The number of hydrogen-bond donors (Lipinski definition) is 1. The lowest BCUT2D eigenvalue weighted by molar-refractivity contribution is -0.115. The normalized spacial score (nSPS) is 18.0. The summed E-state index contributed by atoms with van der Waals surface area (Å²) in [5.41, 5.74) is 0.991. The van der Waals surface area contributed by atoms with Gasteiger partial charge in [-0.05, 0) is 47.1 Å². The standard InChI is InChI=1S/C17H11N3OS2/c21-16-14(10-11-6-2-1-3-7-11)22-17(19-16)18-15-12-8-4-5-9-13(12)23-20-15/h1-10H,(H,18,19,20,21)/b14-10-. The number of thioether (sulfide) groups is 1. The van der Waals surface area contributed by atoms with Crippen molar-refractivity contribution >= 4 is 56.3 Å². The summed E-state index contributed by atoms with van der Waals surface area (Å²) in [4.78, 5) is 17.2. The third-order valence-corrected chi connectivity index (χ3v) is 5.04. The summed E-state index contributed by atoms with van der Waals surface area (Å²) in [7, 11) is 0. The summed E-state index contributed by atoms with van der Waals surface area (Å²) in [5, 5.41) is 4.36. The molecule has 1 saturated heterocycles. The molecule has 1 amide bonds. The monoisotopic (exact) mass is 337 g/mol. The van der Waals surface area contributed by atoms with Gasteiger partial charge in [-0.15, -0.1) is 0 Å². The number of rotatable bonds is 2. The van der Waals surface area contributed by atoms with Crippen molar-refractivity contribution in [3.8, 4) is 0 Å². The fourth-order valence-electron chi connectivity index (χ4n) is 2.23. The van der Waals surface area contributed by atoms with Crippen LogP contribution in [0.4, 0.5) is 5.82 Å². The third-order valence-electron chi connectivity index (χ3n) is 3.31. The van der Waals surface area contributed by atoms with Crippen LogP contribution in [0.2, 0.25) is 0 Å². The summed E-state index contributed by atoms with van der Waals surface area (Å²) in [5.74, 6) is 0.520. The quantitative estimate of drug-likeness (QED) is 0.714. The van der Waals surface area contributed by atoms with E-state index in [4.69, 9.17) is 0 Å². The number of aliphatic imine (C=N–C) groups is 1. The lowest BCUT2D eigenvalue weighted by Gasteiger charge is -1.93. The number of benzene rings is 2. The predicted octanol–water partition coefficient (Wildman–Crippen LogP) is 4.19. The van der Waals surface area contributed by atoms with Crippen LogP contribution < -0.4 is 5.32 Å². The smallest absolute Gasteiger partial charge is 0.264 e. The molecular formula is C17H11N3OS2. The maximum absolute atomic E-state index is 12.1. The van der Waals surface area contributed by atoms with Gasteiger partial charge in [-0.3, -0.25) is 4.79 Å². The van der Waals surface area contributed by atoms with Gasteiger partial charge in [0, 0.05) is 5.39 Å². The zero-order valence-electron chi connectivity index (χ0n) is 11.9. The Morgan fingerprint density at radius 3 is 2.70 bits per heavy atom. The number of hydrogen-bond acceptors (Lipinski definition) is 5. The first kappa shape index (κ1) is 14.2. The van der Waals surface area contributed by atoms with Gasteiger partial charge in [0.2, 0.25) is 0 Å². The number of amidine groups is 1. The second-order valence-corrected chi connectivity index (χ2v) is 6.73. The van der Waals surface area contributed by atoms with E-state index in [9.17, 15) is 4.79 Å². The zero-order chi connectivity index (χ0) is 15.6. The summed E-state index contributed by atoms with van der Waals surface area (Å²) in [6.07, 6.45) is 1.86. The number of fused-ring (bicyclic) bond motifs is 1. The van der Waals surface area contributed by atoms with Gasteiger partial charge in [0.05, 0.1) is 9.61 Å². The highest BCUT2D eigenvalue weighted by Gasteiger charge is 2.24. The largest absolute Gasteiger partial charge is 0.300 e. The Balaban J connectivity index is 1.64. The van der Waals surface area contributed by atoms with Gasteiger partial charge in [0.25, 0.3) is 5.91 Å². The van der Waals surface area contributed by atoms with Crippen molar-refractivity contribution < 1.29 is 4.79 Å². The molecule has 0 spiro atoms. The first-order valence-corrected chi connectivity index (χ1v) is 8.58. The predicted molar refractivity (Wildman–Crippen MR) is 96.9 cm³/mol. The van der Waals surface area contributed by atoms with E-state index in [0.717, 1.165) is 15.6 Å². The number of aromatic nitrogens is 1. The van der Waals surface area contributed by atoms with Crippen molar-refractivity contribution in [3.63, 3.8) is 0 Å². The molecule has 1 N–H and O–H groups in total. The second kappa shape index (κ2) is 5.98. The average Bonchev–Trinajstić information content (AvgIpc) is 3.13. The number of nitrogens with zero attached hydrogens (tertiary/aromatic N) is 2. The van der Waals surface area contributed by atoms with Crippen molar-refractivity contribution in [2.24, 2.45) is 4.99 Å². The summed E-state index contributed by atoms with van der Waals surface area (Å²) < 4.78 is 5.45. The van der Waals surface area contributed by atoms with Crippen LogP contribution in [0.25, 0.3) is 16.2 Å². The van der Waals surface area contributed by atoms with Crippen LogP contribution in [0.3, 0.4) is 0 Å². The Morgan fingerprint density at radius 1 is 1.04 bits per heavy atom. The molecule has 0 unspecified atom stereocenters. The molecule has 3 aromatic rings. The number of nitrogens with one attached hydrogen (secondary N) is 1. The highest BCUT2D eigenvalue weighted by atomic mass is 32.2. The molecule has 0 atom stereocenters. The molecule has 4 rings (SSSR count). The summed E-state index contributed by atoms with van der Waals surface area (Å²) in [6.45, 7) is 0. The van der Waals surface area contributed by atoms with E-state index >= 15 is 0 Å². The molecule has 0 radical (unpaired) electrons. The molecule has 1 fully saturated rings. The minimum atomic E-state index is -0.128. The SMILES string of the molecule is O=C1NC(=Nc2nsc3ccccc23)S/C1=C\c1ccccc1. The minimum absolute atomic E-state index is 0.128. The van der Waals surface area contributed by atoms with Crippen molar-refractivity contribution in [3.05, 3.63) is 65.1 Å². The third kappa shape index (κ3) is 2.91. The molecule has 6 heteroatoms. The van der Waals surface area contributed by atoms with Crippen LogP contribution in [-0.2, 0) is 4.79 Å². The van der Waals surface area contributed by atoms with Gasteiger partial charge >= 0.3 is 0 Å². The van der Waals surface area contributed by atoms with Crippen LogP contribution in [-0.4, -0.2) is 15.4 Å².